The van der Waals surface area contributed by atoms with Gasteiger partial charge in [-0.3, -0.25) is 0 Å². The highest BCUT2D eigenvalue weighted by Gasteiger charge is 2.14. The Balaban J connectivity index is 1.84. The van der Waals surface area contributed by atoms with Gasteiger partial charge < -0.3 is 5.11 Å². The third-order valence-corrected chi connectivity index (χ3v) is 4.16. The van der Waals surface area contributed by atoms with Gasteiger partial charge in [-0.2, -0.15) is 15.5 Å². The molecular weight excluding hydrogens is 312 g/mol. The first-order valence-corrected chi connectivity index (χ1v) is 7.48. The van der Waals surface area contributed by atoms with Crippen LogP contribution >= 0.6 is 11.3 Å². The smallest absolute Gasteiger partial charge is 0.335 e. The van der Waals surface area contributed by atoms with E-state index in [1.807, 2.05) is 24.3 Å². The Hall–Kier alpha value is -3.11. The topological polar surface area (TPSA) is 98.7 Å². The van der Waals surface area contributed by atoms with Gasteiger partial charge in [-0.05, 0) is 36.4 Å². The van der Waals surface area contributed by atoms with E-state index in [0.717, 1.165) is 10.2 Å². The summed E-state index contributed by atoms with van der Waals surface area (Å²) in [5.74, 6) is -1.00. The summed E-state index contributed by atoms with van der Waals surface area (Å²) in [5, 5.41) is 26.7. The quantitative estimate of drug-likeness (QED) is 0.722. The zero-order chi connectivity index (χ0) is 16.2. The van der Waals surface area contributed by atoms with E-state index in [4.69, 9.17) is 5.11 Å². The van der Waals surface area contributed by atoms with Gasteiger partial charge in [0.2, 0.25) is 6.04 Å². The van der Waals surface area contributed by atoms with Gasteiger partial charge in [-0.25, -0.2) is 9.78 Å². The predicted octanol–water partition coefficient (Wildman–Crippen LogP) is 4.34. The third kappa shape index (κ3) is 3.22. The number of aromatic nitrogens is 1. The monoisotopic (exact) mass is 322 g/mol. The van der Waals surface area contributed by atoms with Crippen molar-refractivity contribution in [2.45, 2.75) is 6.04 Å². The normalized spacial score (nSPS) is 12.3. The SMILES string of the molecule is N#CC(N=Nc1ccc(C(=O)O)cc1)c1nc2ccccc2s1. The Kier molecular flexibility index (Phi) is 4.08. The molecule has 0 bridgehead atoms. The number of azo groups is 1. The molecule has 23 heavy (non-hydrogen) atoms. The maximum Gasteiger partial charge on any atom is 0.335 e. The van der Waals surface area contributed by atoms with E-state index in [0.29, 0.717) is 10.7 Å². The number of carboxylic acid groups (broad SMARTS) is 1. The van der Waals surface area contributed by atoms with Gasteiger partial charge in [0.1, 0.15) is 5.01 Å². The van der Waals surface area contributed by atoms with E-state index < -0.39 is 12.0 Å². The van der Waals surface area contributed by atoms with E-state index >= 15 is 0 Å². The standard InChI is InChI=1S/C16H10N4O2S/c17-9-13(15-18-12-3-1-2-4-14(12)23-15)20-19-11-7-5-10(6-8-11)16(21)22/h1-8,13H,(H,21,22). The van der Waals surface area contributed by atoms with Crippen LogP contribution in [-0.2, 0) is 0 Å². The summed E-state index contributed by atoms with van der Waals surface area (Å²) in [5.41, 5.74) is 1.48. The Morgan fingerprint density at radius 2 is 1.96 bits per heavy atom. The predicted molar refractivity (Wildman–Crippen MR) is 85.9 cm³/mol. The molecule has 112 valence electrons. The Morgan fingerprint density at radius 3 is 2.61 bits per heavy atom. The van der Waals surface area contributed by atoms with Crippen LogP contribution in [0.15, 0.2) is 58.8 Å². The molecule has 1 heterocycles. The second-order valence-corrected chi connectivity index (χ2v) is 5.68. The number of rotatable bonds is 4. The third-order valence-electron chi connectivity index (χ3n) is 3.07. The minimum Gasteiger partial charge on any atom is -0.478 e. The van der Waals surface area contributed by atoms with E-state index in [9.17, 15) is 10.1 Å². The highest BCUT2D eigenvalue weighted by atomic mass is 32.1. The summed E-state index contributed by atoms with van der Waals surface area (Å²) in [4.78, 5) is 15.2. The lowest BCUT2D eigenvalue weighted by Gasteiger charge is -1.98. The second kappa shape index (κ2) is 6.34. The number of nitrogens with zero attached hydrogens (tertiary/aromatic N) is 4. The number of nitriles is 1. The highest BCUT2D eigenvalue weighted by Crippen LogP contribution is 2.29. The molecule has 0 aliphatic carbocycles. The number of carboxylic acids is 1. The molecule has 0 radical (unpaired) electrons. The molecule has 1 unspecified atom stereocenters. The first kappa shape index (κ1) is 14.8. The van der Waals surface area contributed by atoms with Crippen LogP contribution < -0.4 is 0 Å². The van der Waals surface area contributed by atoms with Crippen molar-refractivity contribution < 1.29 is 9.90 Å². The van der Waals surface area contributed by atoms with Crippen LogP contribution in [0.1, 0.15) is 21.4 Å². The molecule has 7 heteroatoms. The van der Waals surface area contributed by atoms with Crippen LogP contribution in [0, 0.1) is 11.3 Å². The van der Waals surface area contributed by atoms with Gasteiger partial charge in [0, 0.05) is 0 Å². The number of hydrogen-bond acceptors (Lipinski definition) is 6. The average molecular weight is 322 g/mol. The number of thiazole rings is 1. The second-order valence-electron chi connectivity index (χ2n) is 4.62. The average Bonchev–Trinajstić information content (AvgIpc) is 2.99. The van der Waals surface area contributed by atoms with Crippen molar-refractivity contribution in [3.8, 4) is 6.07 Å². The van der Waals surface area contributed by atoms with Crippen molar-refractivity contribution in [2.24, 2.45) is 10.2 Å². The number of carbonyl (C=O) groups is 1. The maximum atomic E-state index is 10.8. The molecule has 6 nitrogen and oxygen atoms in total. The Labute approximate surface area is 135 Å². The van der Waals surface area contributed by atoms with Crippen LogP contribution in [0.5, 0.6) is 0 Å². The molecule has 1 atom stereocenters. The van der Waals surface area contributed by atoms with Crippen molar-refractivity contribution in [3.63, 3.8) is 0 Å². The molecule has 0 fully saturated rings. The number of benzene rings is 2. The summed E-state index contributed by atoms with van der Waals surface area (Å²) >= 11 is 1.41. The van der Waals surface area contributed by atoms with Gasteiger partial charge >= 0.3 is 5.97 Å². The van der Waals surface area contributed by atoms with E-state index in [1.54, 1.807) is 12.1 Å². The van der Waals surface area contributed by atoms with E-state index in [-0.39, 0.29) is 5.56 Å². The van der Waals surface area contributed by atoms with Gasteiger partial charge in [0.05, 0.1) is 27.5 Å². The summed E-state index contributed by atoms with van der Waals surface area (Å²) < 4.78 is 0.990. The van der Waals surface area contributed by atoms with Crippen LogP contribution in [0.2, 0.25) is 0 Å². The van der Waals surface area contributed by atoms with Crippen molar-refractivity contribution in [1.29, 1.82) is 5.26 Å². The van der Waals surface area contributed by atoms with Gasteiger partial charge in [-0.1, -0.05) is 12.1 Å². The molecule has 1 aromatic heterocycles. The Bertz CT molecular complexity index is 892. The van der Waals surface area contributed by atoms with Crippen molar-refractivity contribution in [1.82, 2.24) is 4.98 Å². The van der Waals surface area contributed by atoms with Crippen LogP contribution in [-0.4, -0.2) is 16.1 Å². The number of hydrogen-bond donors (Lipinski definition) is 1. The minimum absolute atomic E-state index is 0.173. The van der Waals surface area contributed by atoms with Gasteiger partial charge in [0.25, 0.3) is 0 Å². The first-order valence-electron chi connectivity index (χ1n) is 6.66. The number of fused-ring (bicyclic) bond motifs is 1. The molecular formula is C16H10N4O2S. The lowest BCUT2D eigenvalue weighted by Crippen LogP contribution is -1.94. The maximum absolute atomic E-state index is 10.8. The first-order chi connectivity index (χ1) is 11.2. The zero-order valence-electron chi connectivity index (χ0n) is 11.7. The molecule has 0 aliphatic heterocycles. The molecule has 0 saturated carbocycles. The fourth-order valence-electron chi connectivity index (χ4n) is 1.93. The fourth-order valence-corrected chi connectivity index (χ4v) is 2.88. The molecule has 0 amide bonds. The fraction of sp³-hybridized carbons (Fsp3) is 0.0625. The Morgan fingerprint density at radius 1 is 1.22 bits per heavy atom. The van der Waals surface area contributed by atoms with Crippen LogP contribution in [0.3, 0.4) is 0 Å². The molecule has 3 rings (SSSR count). The molecule has 0 saturated heterocycles. The molecule has 2 aromatic carbocycles. The minimum atomic E-state index is -1.00. The van der Waals surface area contributed by atoms with Crippen molar-refractivity contribution in [3.05, 3.63) is 59.1 Å². The van der Waals surface area contributed by atoms with Crippen molar-refractivity contribution in [2.75, 3.05) is 0 Å². The van der Waals surface area contributed by atoms with Gasteiger partial charge in [0.15, 0.2) is 0 Å². The largest absolute Gasteiger partial charge is 0.478 e. The van der Waals surface area contributed by atoms with E-state index in [2.05, 4.69) is 21.3 Å². The summed E-state index contributed by atoms with van der Waals surface area (Å²) in [6, 6.07) is 14.9. The lowest BCUT2D eigenvalue weighted by atomic mass is 10.2. The van der Waals surface area contributed by atoms with Crippen LogP contribution in [0.25, 0.3) is 10.2 Å². The van der Waals surface area contributed by atoms with E-state index in [1.165, 1.54) is 23.5 Å². The number of para-hydroxylation sites is 1. The summed E-state index contributed by atoms with van der Waals surface area (Å²) in [7, 11) is 0. The molecule has 1 N–H and O–H groups in total. The summed E-state index contributed by atoms with van der Waals surface area (Å²) in [6.45, 7) is 0. The number of aromatic carboxylic acids is 1. The molecule has 3 aromatic rings. The lowest BCUT2D eigenvalue weighted by molar-refractivity contribution is 0.0697. The highest BCUT2D eigenvalue weighted by molar-refractivity contribution is 7.18. The summed E-state index contributed by atoms with van der Waals surface area (Å²) in [6.07, 6.45) is 0. The molecule has 0 aliphatic rings. The van der Waals surface area contributed by atoms with Gasteiger partial charge in [-0.15, -0.1) is 11.3 Å². The van der Waals surface area contributed by atoms with Crippen molar-refractivity contribution >= 4 is 33.2 Å². The van der Waals surface area contributed by atoms with Crippen LogP contribution in [0.4, 0.5) is 5.69 Å². The molecule has 0 spiro atoms. The zero-order valence-corrected chi connectivity index (χ0v) is 12.6.